The molecular formula is C25H25N5O3. The predicted molar refractivity (Wildman–Crippen MR) is 127 cm³/mol. The van der Waals surface area contributed by atoms with Gasteiger partial charge in [0.2, 0.25) is 0 Å². The molecule has 0 unspecified atom stereocenters. The van der Waals surface area contributed by atoms with Gasteiger partial charge in [-0.3, -0.25) is 0 Å². The van der Waals surface area contributed by atoms with Crippen LogP contribution >= 0.6 is 0 Å². The molecule has 1 heterocycles. The highest BCUT2D eigenvalue weighted by atomic mass is 16.5. The zero-order chi connectivity index (χ0) is 22.9. The van der Waals surface area contributed by atoms with Crippen molar-refractivity contribution in [1.29, 1.82) is 0 Å². The van der Waals surface area contributed by atoms with E-state index in [2.05, 4.69) is 37.5 Å². The highest BCUT2D eigenvalue weighted by molar-refractivity contribution is 5.89. The number of hydrogen-bond acceptors (Lipinski definition) is 8. The third kappa shape index (κ3) is 6.30. The van der Waals surface area contributed by atoms with Crippen LogP contribution < -0.4 is 4.90 Å². The molecule has 0 atom stereocenters. The number of carbonyl (C=O) groups excluding carboxylic acids is 1. The third-order valence-electron chi connectivity index (χ3n) is 5.02. The van der Waals surface area contributed by atoms with Gasteiger partial charge in [-0.25, -0.2) is 4.79 Å². The van der Waals surface area contributed by atoms with Gasteiger partial charge in [-0.2, -0.15) is 20.5 Å². The quantitative estimate of drug-likeness (QED) is 0.307. The van der Waals surface area contributed by atoms with Crippen molar-refractivity contribution in [1.82, 2.24) is 0 Å². The predicted octanol–water partition coefficient (Wildman–Crippen LogP) is 6.53. The molecule has 0 amide bonds. The van der Waals surface area contributed by atoms with Crippen molar-refractivity contribution < 1.29 is 14.3 Å². The van der Waals surface area contributed by atoms with E-state index in [0.29, 0.717) is 23.5 Å². The Morgan fingerprint density at radius 1 is 0.758 bits per heavy atom. The number of anilines is 1. The topological polar surface area (TPSA) is 88.2 Å². The first kappa shape index (κ1) is 22.3. The van der Waals surface area contributed by atoms with Crippen LogP contribution in [0, 0.1) is 0 Å². The Morgan fingerprint density at radius 3 is 1.64 bits per heavy atom. The second-order valence-corrected chi connectivity index (χ2v) is 7.30. The molecule has 0 radical (unpaired) electrons. The second kappa shape index (κ2) is 11.1. The summed E-state index contributed by atoms with van der Waals surface area (Å²) in [5.41, 5.74) is 4.52. The highest BCUT2D eigenvalue weighted by Gasteiger charge is 2.10. The maximum atomic E-state index is 11.7. The molecule has 1 fully saturated rings. The van der Waals surface area contributed by atoms with Gasteiger partial charge in [-0.05, 0) is 79.7 Å². The number of rotatable bonds is 7. The van der Waals surface area contributed by atoms with Crippen molar-refractivity contribution in [2.45, 2.75) is 6.92 Å². The van der Waals surface area contributed by atoms with E-state index in [1.54, 1.807) is 31.2 Å². The number of benzene rings is 3. The maximum absolute atomic E-state index is 11.7. The molecule has 1 aliphatic rings. The summed E-state index contributed by atoms with van der Waals surface area (Å²) in [6.07, 6.45) is 0. The number of carbonyl (C=O) groups is 1. The molecule has 0 aliphatic carbocycles. The summed E-state index contributed by atoms with van der Waals surface area (Å²) in [6, 6.07) is 22.2. The summed E-state index contributed by atoms with van der Waals surface area (Å²) in [7, 11) is 0. The lowest BCUT2D eigenvalue weighted by Gasteiger charge is -2.28. The molecule has 3 aromatic carbocycles. The molecule has 33 heavy (non-hydrogen) atoms. The van der Waals surface area contributed by atoms with E-state index in [1.807, 2.05) is 36.4 Å². The lowest BCUT2D eigenvalue weighted by Crippen LogP contribution is -2.36. The van der Waals surface area contributed by atoms with E-state index >= 15 is 0 Å². The van der Waals surface area contributed by atoms with E-state index in [9.17, 15) is 4.79 Å². The Balaban J connectivity index is 1.33. The van der Waals surface area contributed by atoms with E-state index in [0.717, 1.165) is 37.7 Å². The van der Waals surface area contributed by atoms with Crippen LogP contribution in [0.3, 0.4) is 0 Å². The molecule has 3 aromatic rings. The van der Waals surface area contributed by atoms with Crippen molar-refractivity contribution in [2.75, 3.05) is 37.8 Å². The van der Waals surface area contributed by atoms with Crippen molar-refractivity contribution in [2.24, 2.45) is 20.5 Å². The van der Waals surface area contributed by atoms with Crippen LogP contribution in [0.4, 0.5) is 28.4 Å². The molecule has 1 saturated heterocycles. The van der Waals surface area contributed by atoms with Crippen LogP contribution in [0.25, 0.3) is 0 Å². The molecule has 8 heteroatoms. The summed E-state index contributed by atoms with van der Waals surface area (Å²) in [5, 5.41) is 17.0. The van der Waals surface area contributed by atoms with E-state index < -0.39 is 0 Å². The summed E-state index contributed by atoms with van der Waals surface area (Å²) in [4.78, 5) is 14.0. The second-order valence-electron chi connectivity index (χ2n) is 7.30. The normalized spacial score (nSPS) is 14.2. The van der Waals surface area contributed by atoms with Crippen LogP contribution in [0.5, 0.6) is 0 Å². The summed E-state index contributed by atoms with van der Waals surface area (Å²) < 4.78 is 10.4. The smallest absolute Gasteiger partial charge is 0.338 e. The Morgan fingerprint density at radius 2 is 1.18 bits per heavy atom. The van der Waals surface area contributed by atoms with Crippen LogP contribution in [-0.4, -0.2) is 38.9 Å². The minimum Gasteiger partial charge on any atom is -0.462 e. The fourth-order valence-electron chi connectivity index (χ4n) is 3.25. The molecular weight excluding hydrogens is 418 g/mol. The average molecular weight is 444 g/mol. The Bertz CT molecular complexity index is 1100. The van der Waals surface area contributed by atoms with Gasteiger partial charge in [0.25, 0.3) is 0 Å². The first-order valence-corrected chi connectivity index (χ1v) is 10.8. The molecule has 0 aromatic heterocycles. The largest absolute Gasteiger partial charge is 0.462 e. The number of azo groups is 2. The molecule has 0 saturated carbocycles. The first-order valence-electron chi connectivity index (χ1n) is 10.8. The van der Waals surface area contributed by atoms with Crippen LogP contribution in [0.2, 0.25) is 0 Å². The number of morpholine rings is 1. The van der Waals surface area contributed by atoms with Crippen LogP contribution in [-0.2, 0) is 9.47 Å². The van der Waals surface area contributed by atoms with Crippen LogP contribution in [0.15, 0.2) is 93.3 Å². The molecule has 168 valence electrons. The monoisotopic (exact) mass is 443 g/mol. The van der Waals surface area contributed by atoms with Gasteiger partial charge in [0, 0.05) is 18.8 Å². The Labute approximate surface area is 192 Å². The lowest BCUT2D eigenvalue weighted by atomic mass is 10.2. The van der Waals surface area contributed by atoms with Crippen molar-refractivity contribution in [3.05, 3.63) is 78.4 Å². The van der Waals surface area contributed by atoms with Crippen molar-refractivity contribution >= 4 is 34.4 Å². The zero-order valence-corrected chi connectivity index (χ0v) is 18.4. The molecule has 4 rings (SSSR count). The van der Waals surface area contributed by atoms with Gasteiger partial charge in [0.05, 0.1) is 48.1 Å². The SMILES string of the molecule is CCOC(=O)c1ccc(/N=N/c2ccc(/N=N/c3ccc(N4CCOCC4)cc3)cc2)cc1. The summed E-state index contributed by atoms with van der Waals surface area (Å²) >= 11 is 0. The van der Waals surface area contributed by atoms with Gasteiger partial charge in [0.15, 0.2) is 0 Å². The molecule has 0 bridgehead atoms. The first-order chi connectivity index (χ1) is 16.2. The number of ether oxygens (including phenoxy) is 2. The van der Waals surface area contributed by atoms with E-state index in [4.69, 9.17) is 9.47 Å². The van der Waals surface area contributed by atoms with Crippen molar-refractivity contribution in [3.63, 3.8) is 0 Å². The highest BCUT2D eigenvalue weighted by Crippen LogP contribution is 2.25. The molecule has 0 spiro atoms. The number of esters is 1. The van der Waals surface area contributed by atoms with Gasteiger partial charge < -0.3 is 14.4 Å². The van der Waals surface area contributed by atoms with E-state index in [-0.39, 0.29) is 5.97 Å². The van der Waals surface area contributed by atoms with Gasteiger partial charge in [-0.1, -0.05) is 0 Å². The van der Waals surface area contributed by atoms with Gasteiger partial charge >= 0.3 is 5.97 Å². The van der Waals surface area contributed by atoms with Gasteiger partial charge in [0.1, 0.15) is 0 Å². The lowest BCUT2D eigenvalue weighted by molar-refractivity contribution is 0.0526. The number of nitrogens with zero attached hydrogens (tertiary/aromatic N) is 5. The zero-order valence-electron chi connectivity index (χ0n) is 18.4. The minimum absolute atomic E-state index is 0.344. The Kier molecular flexibility index (Phi) is 7.50. The van der Waals surface area contributed by atoms with Gasteiger partial charge in [-0.15, -0.1) is 0 Å². The van der Waals surface area contributed by atoms with E-state index in [1.165, 1.54) is 5.69 Å². The molecule has 1 aliphatic heterocycles. The number of hydrogen-bond donors (Lipinski definition) is 0. The average Bonchev–Trinajstić information content (AvgIpc) is 2.88. The summed E-state index contributed by atoms with van der Waals surface area (Å²) in [6.45, 7) is 5.46. The molecule has 8 nitrogen and oxygen atoms in total. The third-order valence-corrected chi connectivity index (χ3v) is 5.02. The fourth-order valence-corrected chi connectivity index (χ4v) is 3.25. The maximum Gasteiger partial charge on any atom is 0.338 e. The Hall–Kier alpha value is -3.91. The molecule has 0 N–H and O–H groups in total. The van der Waals surface area contributed by atoms with Crippen molar-refractivity contribution in [3.8, 4) is 0 Å². The minimum atomic E-state index is -0.348. The fraction of sp³-hybridized carbons (Fsp3) is 0.240. The van der Waals surface area contributed by atoms with Crippen LogP contribution in [0.1, 0.15) is 17.3 Å². The summed E-state index contributed by atoms with van der Waals surface area (Å²) in [5.74, 6) is -0.348. The standard InChI is InChI=1S/C25H25N5O3/c1-2-33-25(31)19-3-5-20(6-4-19)26-27-21-7-9-22(10-8-21)28-29-23-11-13-24(14-12-23)30-15-17-32-18-16-30/h3-14H,2,15-18H2,1H3/b27-26+,29-28+.